The zero-order valence-electron chi connectivity index (χ0n) is 35.4. The van der Waals surface area contributed by atoms with E-state index in [4.69, 9.17) is 18.9 Å². The fourth-order valence-electron chi connectivity index (χ4n) is 14.4. The lowest BCUT2D eigenvalue weighted by Gasteiger charge is -2.65. The van der Waals surface area contributed by atoms with E-state index >= 15 is 4.79 Å². The molecule has 12 heteroatoms. The van der Waals surface area contributed by atoms with Crippen molar-refractivity contribution >= 4 is 34.5 Å². The number of methoxy groups -OCH3 is 3. The summed E-state index contributed by atoms with van der Waals surface area (Å²) in [7, 11) is 6.34. The number of carbonyl (C=O) groups is 3. The zero-order chi connectivity index (χ0) is 41.4. The van der Waals surface area contributed by atoms with Gasteiger partial charge < -0.3 is 33.9 Å². The summed E-state index contributed by atoms with van der Waals surface area (Å²) in [5.74, 6) is -0.635. The van der Waals surface area contributed by atoms with Crippen molar-refractivity contribution < 1.29 is 38.4 Å². The van der Waals surface area contributed by atoms with E-state index < -0.39 is 45.9 Å². The predicted octanol–water partition coefficient (Wildman–Crippen LogP) is 4.88. The Morgan fingerprint density at radius 1 is 0.983 bits per heavy atom. The number of fused-ring (bicyclic) bond motifs is 8. The second kappa shape index (κ2) is 13.3. The Balaban J connectivity index is 1.29. The molecule has 2 N–H and O–H groups in total. The van der Waals surface area contributed by atoms with E-state index in [1.54, 1.807) is 7.11 Å². The highest BCUT2D eigenvalue weighted by Gasteiger charge is 2.84. The van der Waals surface area contributed by atoms with Gasteiger partial charge >= 0.3 is 17.9 Å². The molecule has 2 saturated heterocycles. The molecule has 2 aliphatic carbocycles. The van der Waals surface area contributed by atoms with E-state index in [0.29, 0.717) is 36.5 Å². The number of likely N-dealkylation sites (N-methyl/N-ethyl adjacent to an activating group) is 1. The Morgan fingerprint density at radius 2 is 1.76 bits per heavy atom. The molecule has 314 valence electrons. The maximum atomic E-state index is 15.3. The number of carbonyl (C=O) groups excluding carboxylic acids is 3. The summed E-state index contributed by atoms with van der Waals surface area (Å²) in [5, 5.41) is 14.6. The van der Waals surface area contributed by atoms with Crippen molar-refractivity contribution in [2.45, 2.75) is 93.9 Å². The van der Waals surface area contributed by atoms with Crippen LogP contribution in [-0.2, 0) is 45.8 Å². The van der Waals surface area contributed by atoms with Crippen molar-refractivity contribution in [3.05, 3.63) is 70.4 Å². The molecule has 2 unspecified atom stereocenters. The molecule has 2 saturated carbocycles. The summed E-state index contributed by atoms with van der Waals surface area (Å²) in [5.41, 5.74) is 1.61. The smallest absolute Gasteiger partial charge is 0.344 e. The molecule has 12 nitrogen and oxygen atoms in total. The molecule has 1 spiro atoms. The van der Waals surface area contributed by atoms with Crippen LogP contribution in [0.4, 0.5) is 5.69 Å². The molecule has 7 aliphatic rings. The normalized spacial score (nSPS) is 37.7. The molecule has 59 heavy (non-hydrogen) atoms. The van der Waals surface area contributed by atoms with Crippen LogP contribution in [0.5, 0.6) is 5.75 Å². The first-order valence-corrected chi connectivity index (χ1v) is 21.7. The van der Waals surface area contributed by atoms with E-state index in [1.807, 2.05) is 24.1 Å². The number of aromatic nitrogens is 1. The SMILES string of the molecule is CCC1=C[C@@H]2CN(CCc3c([nH]c4ccccc34)[C@@](C(=O)OC)(c3cc4c(cc3OC)N(C)[C@H]3C(O)(C(=O)OC)[C@H](OC(C)=O)[C@]5(CC)[C@@H]6C[C@@H]6CN6CC[C@]43[C@@H]65)C2)C1. The summed E-state index contributed by atoms with van der Waals surface area (Å²) in [4.78, 5) is 53.9. The number of aliphatic hydroxyl groups is 1. The fraction of sp³-hybridized carbons (Fsp3) is 0.596. The molecule has 5 aliphatic heterocycles. The van der Waals surface area contributed by atoms with E-state index in [1.165, 1.54) is 26.7 Å². The number of para-hydroxylation sites is 1. The minimum absolute atomic E-state index is 0.0325. The average molecular weight is 807 g/mol. The van der Waals surface area contributed by atoms with E-state index in [0.717, 1.165) is 85.4 Å². The minimum Gasteiger partial charge on any atom is -0.496 e. The highest BCUT2D eigenvalue weighted by molar-refractivity contribution is 5.95. The molecule has 2 bridgehead atoms. The maximum Gasteiger partial charge on any atom is 0.344 e. The van der Waals surface area contributed by atoms with Crippen LogP contribution in [0.25, 0.3) is 10.9 Å². The van der Waals surface area contributed by atoms with Gasteiger partial charge in [0.1, 0.15) is 11.2 Å². The lowest BCUT2D eigenvalue weighted by atomic mass is 9.46. The molecular weight excluding hydrogens is 749 g/mol. The van der Waals surface area contributed by atoms with Crippen LogP contribution in [0, 0.1) is 23.2 Å². The molecule has 10 rings (SSSR count). The number of rotatable bonds is 7. The van der Waals surface area contributed by atoms with Gasteiger partial charge in [0, 0.05) is 90.9 Å². The number of hydrogen-bond acceptors (Lipinski definition) is 11. The molecule has 2 aromatic carbocycles. The number of benzene rings is 2. The van der Waals surface area contributed by atoms with Gasteiger partial charge in [0.2, 0.25) is 5.60 Å². The highest BCUT2D eigenvalue weighted by Crippen LogP contribution is 2.74. The Morgan fingerprint density at radius 3 is 2.47 bits per heavy atom. The summed E-state index contributed by atoms with van der Waals surface area (Å²) in [6, 6.07) is 11.5. The van der Waals surface area contributed by atoms with Crippen molar-refractivity contribution in [2.24, 2.45) is 23.2 Å². The van der Waals surface area contributed by atoms with Crippen molar-refractivity contribution in [3.8, 4) is 5.75 Å². The number of nitrogens with one attached hydrogen (secondary N) is 1. The van der Waals surface area contributed by atoms with Crippen LogP contribution in [0.2, 0.25) is 0 Å². The zero-order valence-corrected chi connectivity index (χ0v) is 35.4. The van der Waals surface area contributed by atoms with Crippen molar-refractivity contribution in [3.63, 3.8) is 0 Å². The Hall–Kier alpha value is -4.39. The van der Waals surface area contributed by atoms with Gasteiger partial charge in [0.25, 0.3) is 0 Å². The number of aromatic amines is 1. The first-order chi connectivity index (χ1) is 28.4. The monoisotopic (exact) mass is 806 g/mol. The van der Waals surface area contributed by atoms with Crippen LogP contribution < -0.4 is 9.64 Å². The van der Waals surface area contributed by atoms with Gasteiger partial charge in [-0.1, -0.05) is 43.7 Å². The van der Waals surface area contributed by atoms with Crippen LogP contribution in [0.15, 0.2) is 48.0 Å². The fourth-order valence-corrected chi connectivity index (χ4v) is 14.4. The van der Waals surface area contributed by atoms with Crippen LogP contribution in [-0.4, -0.2) is 123 Å². The Kier molecular flexibility index (Phi) is 8.75. The minimum atomic E-state index is -2.22. The third-order valence-electron chi connectivity index (χ3n) is 16.4. The lowest BCUT2D eigenvalue weighted by molar-refractivity contribution is -0.245. The maximum absolute atomic E-state index is 15.3. The van der Waals surface area contributed by atoms with E-state index in [-0.39, 0.29) is 23.8 Å². The van der Waals surface area contributed by atoms with Crippen molar-refractivity contribution in [1.29, 1.82) is 0 Å². The average Bonchev–Trinajstić information content (AvgIpc) is 3.69. The van der Waals surface area contributed by atoms with Crippen LogP contribution >= 0.6 is 0 Å². The van der Waals surface area contributed by atoms with Gasteiger partial charge in [-0.15, -0.1) is 0 Å². The molecule has 0 radical (unpaired) electrons. The molecule has 3 aromatic rings. The number of piperidine rings is 1. The van der Waals surface area contributed by atoms with Crippen LogP contribution in [0.1, 0.15) is 75.3 Å². The standard InChI is InChI=1S/C47H58N4O8/c1-8-27-18-28-22-46(42(53)57-6,38-31(14-16-50(23-27)24-28)30-12-10-11-13-35(30)48-38)34-20-33-36(21-37(34)56-5)49(4)40-45(33)15-17-51-25-29-19-32(29)44(9-2,39(45)51)41(59-26(3)52)47(40,55)43(54)58-7/h10-13,18,20-21,28-29,32,39-41,48,55H,8-9,14-17,19,22-25H2,1-7H3/t28-,29+,32+,39-,40+,41+,44+,45+,46-,47?/m0/s1. The Bertz CT molecular complexity index is 2310. The second-order valence-corrected chi connectivity index (χ2v) is 18.7. The van der Waals surface area contributed by atoms with Gasteiger partial charge in [-0.3, -0.25) is 19.4 Å². The number of hydrogen-bond donors (Lipinski definition) is 2. The topological polar surface area (TPSA) is 134 Å². The number of H-pyrrole nitrogens is 1. The van der Waals surface area contributed by atoms with Crippen molar-refractivity contribution in [1.82, 2.24) is 14.8 Å². The first kappa shape index (κ1) is 38.8. The van der Waals surface area contributed by atoms with Gasteiger partial charge in [-0.2, -0.15) is 0 Å². The lowest BCUT2D eigenvalue weighted by Crippen LogP contribution is -2.82. The molecule has 1 aromatic heterocycles. The summed E-state index contributed by atoms with van der Waals surface area (Å²) in [6.45, 7) is 9.91. The van der Waals surface area contributed by atoms with Crippen LogP contribution in [0.3, 0.4) is 0 Å². The summed E-state index contributed by atoms with van der Waals surface area (Å²) < 4.78 is 24.3. The van der Waals surface area contributed by atoms with Gasteiger partial charge in [0.15, 0.2) is 6.10 Å². The second-order valence-electron chi connectivity index (χ2n) is 18.7. The third-order valence-corrected chi connectivity index (χ3v) is 16.4. The number of esters is 3. The molecule has 6 heterocycles. The molecular formula is C47H58N4O8. The van der Waals surface area contributed by atoms with Gasteiger partial charge in [-0.05, 0) is 86.1 Å². The molecule has 4 fully saturated rings. The summed E-state index contributed by atoms with van der Waals surface area (Å²) in [6.07, 6.45) is 5.55. The Labute approximate surface area is 346 Å². The van der Waals surface area contributed by atoms with Gasteiger partial charge in [-0.25, -0.2) is 4.79 Å². The largest absolute Gasteiger partial charge is 0.496 e. The predicted molar refractivity (Wildman–Crippen MR) is 221 cm³/mol. The molecule has 11 atom stereocenters. The first-order valence-electron chi connectivity index (χ1n) is 21.7. The number of nitrogens with zero attached hydrogens (tertiary/aromatic N) is 3. The number of anilines is 1. The van der Waals surface area contributed by atoms with E-state index in [9.17, 15) is 14.7 Å². The van der Waals surface area contributed by atoms with Crippen molar-refractivity contribution in [2.75, 3.05) is 66.0 Å². The number of ether oxygens (including phenoxy) is 4. The highest BCUT2D eigenvalue weighted by atomic mass is 16.6. The van der Waals surface area contributed by atoms with Gasteiger partial charge in [0.05, 0.1) is 27.4 Å². The van der Waals surface area contributed by atoms with E-state index in [2.05, 4.69) is 59.0 Å². The quantitative estimate of drug-likeness (QED) is 0.193. The third kappa shape index (κ3) is 4.85. The molecule has 0 amide bonds. The summed E-state index contributed by atoms with van der Waals surface area (Å²) >= 11 is 0.